The number of hydrogen-bond donors (Lipinski definition) is 4. The second kappa shape index (κ2) is 8.87. The van der Waals surface area contributed by atoms with Gasteiger partial charge in [-0.05, 0) is 31.0 Å². The quantitative estimate of drug-likeness (QED) is 0.460. The van der Waals surface area contributed by atoms with Crippen molar-refractivity contribution in [2.45, 2.75) is 44.2 Å². The maximum atomic E-state index is 11.5. The molecule has 6 N–H and O–H groups in total. The standard InChI is InChI=1S/C20H25N9O/c21-16-6-1-2-7-17(16)27-20-23-12-13(10-18(22)30)19(28-20)26-14-4-3-5-15(11-14)29-24-8-9-25-29/h3-5,8-9,11-12,16-17H,1-2,6-7,10,21H2,(H2,22,30)(H2,23,26,27,28)/t16-,17+/m0/s1. The molecule has 10 nitrogen and oxygen atoms in total. The number of aromatic nitrogens is 5. The molecule has 0 spiro atoms. The van der Waals surface area contributed by atoms with Crippen molar-refractivity contribution >= 4 is 23.4 Å². The predicted octanol–water partition coefficient (Wildman–Crippen LogP) is 1.51. The first-order valence-electron chi connectivity index (χ1n) is 9.98. The highest BCUT2D eigenvalue weighted by molar-refractivity contribution is 5.79. The number of amides is 1. The van der Waals surface area contributed by atoms with Gasteiger partial charge in [-0.3, -0.25) is 4.79 Å². The zero-order valence-electron chi connectivity index (χ0n) is 16.5. The first-order valence-corrected chi connectivity index (χ1v) is 9.98. The molecule has 0 radical (unpaired) electrons. The zero-order chi connectivity index (χ0) is 20.9. The first-order chi connectivity index (χ1) is 14.6. The number of nitrogens with two attached hydrogens (primary N) is 2. The second-order valence-corrected chi connectivity index (χ2v) is 7.40. The van der Waals surface area contributed by atoms with E-state index in [2.05, 4.69) is 30.8 Å². The molecule has 2 heterocycles. The fraction of sp³-hybridized carbons (Fsp3) is 0.350. The summed E-state index contributed by atoms with van der Waals surface area (Å²) in [6.07, 6.45) is 9.12. The number of nitrogens with one attached hydrogen (secondary N) is 2. The molecule has 4 rings (SSSR count). The minimum absolute atomic E-state index is 0.0337. The molecule has 0 bridgehead atoms. The maximum absolute atomic E-state index is 11.5. The molecule has 2 aromatic heterocycles. The van der Waals surface area contributed by atoms with E-state index in [1.165, 1.54) is 4.80 Å². The van der Waals surface area contributed by atoms with Gasteiger partial charge in [-0.1, -0.05) is 18.9 Å². The Hall–Kier alpha value is -3.53. The van der Waals surface area contributed by atoms with E-state index in [0.29, 0.717) is 17.3 Å². The van der Waals surface area contributed by atoms with Crippen LogP contribution >= 0.6 is 0 Å². The van der Waals surface area contributed by atoms with E-state index in [4.69, 9.17) is 11.5 Å². The Balaban J connectivity index is 1.59. The van der Waals surface area contributed by atoms with E-state index in [1.807, 2.05) is 24.3 Å². The third-order valence-corrected chi connectivity index (χ3v) is 5.12. The molecular weight excluding hydrogens is 382 g/mol. The van der Waals surface area contributed by atoms with Crippen molar-refractivity contribution in [3.05, 3.63) is 48.4 Å². The number of anilines is 3. The van der Waals surface area contributed by atoms with Crippen LogP contribution in [0.5, 0.6) is 0 Å². The minimum Gasteiger partial charge on any atom is -0.369 e. The van der Waals surface area contributed by atoms with Gasteiger partial charge >= 0.3 is 0 Å². The molecule has 1 amide bonds. The van der Waals surface area contributed by atoms with Crippen LogP contribution in [-0.2, 0) is 11.2 Å². The molecule has 3 aromatic rings. The highest BCUT2D eigenvalue weighted by Gasteiger charge is 2.22. The molecule has 0 aliphatic heterocycles. The number of rotatable bonds is 7. The van der Waals surface area contributed by atoms with Gasteiger partial charge in [0.25, 0.3) is 0 Å². The average Bonchev–Trinajstić information content (AvgIpc) is 3.27. The maximum Gasteiger partial charge on any atom is 0.224 e. The van der Waals surface area contributed by atoms with Gasteiger partial charge in [0.2, 0.25) is 11.9 Å². The lowest BCUT2D eigenvalue weighted by molar-refractivity contribution is -0.117. The van der Waals surface area contributed by atoms with E-state index in [1.54, 1.807) is 18.6 Å². The van der Waals surface area contributed by atoms with Crippen LogP contribution in [0.2, 0.25) is 0 Å². The number of benzene rings is 1. The highest BCUT2D eigenvalue weighted by Crippen LogP contribution is 2.24. The molecule has 1 aliphatic rings. The number of carbonyl (C=O) groups is 1. The highest BCUT2D eigenvalue weighted by atomic mass is 16.1. The van der Waals surface area contributed by atoms with Gasteiger partial charge in [0.05, 0.1) is 24.5 Å². The van der Waals surface area contributed by atoms with Crippen molar-refractivity contribution in [3.8, 4) is 5.69 Å². The van der Waals surface area contributed by atoms with Crippen molar-refractivity contribution in [1.29, 1.82) is 0 Å². The number of hydrogen-bond acceptors (Lipinski definition) is 8. The summed E-state index contributed by atoms with van der Waals surface area (Å²) in [5.74, 6) is 0.533. The number of primary amides is 1. The van der Waals surface area contributed by atoms with E-state index >= 15 is 0 Å². The lowest BCUT2D eigenvalue weighted by atomic mass is 9.91. The third-order valence-electron chi connectivity index (χ3n) is 5.12. The fourth-order valence-electron chi connectivity index (χ4n) is 3.60. The zero-order valence-corrected chi connectivity index (χ0v) is 16.5. The lowest BCUT2D eigenvalue weighted by Crippen LogP contribution is -2.43. The normalized spacial score (nSPS) is 18.7. The van der Waals surface area contributed by atoms with Crippen molar-refractivity contribution in [1.82, 2.24) is 25.0 Å². The molecule has 1 saturated carbocycles. The summed E-state index contributed by atoms with van der Waals surface area (Å²) >= 11 is 0. The summed E-state index contributed by atoms with van der Waals surface area (Å²) in [5, 5.41) is 14.9. The predicted molar refractivity (Wildman–Crippen MR) is 113 cm³/mol. The van der Waals surface area contributed by atoms with Crippen molar-refractivity contribution < 1.29 is 4.79 Å². The monoisotopic (exact) mass is 407 g/mol. The van der Waals surface area contributed by atoms with E-state index in [-0.39, 0.29) is 18.5 Å². The summed E-state index contributed by atoms with van der Waals surface area (Å²) in [6, 6.07) is 7.77. The first kappa shape index (κ1) is 19.8. The summed E-state index contributed by atoms with van der Waals surface area (Å²) in [5.41, 5.74) is 13.8. The topological polar surface area (TPSA) is 150 Å². The van der Waals surface area contributed by atoms with Gasteiger partial charge in [-0.15, -0.1) is 0 Å². The third kappa shape index (κ3) is 4.71. The molecule has 156 valence electrons. The molecule has 0 unspecified atom stereocenters. The molecule has 10 heteroatoms. The van der Waals surface area contributed by atoms with Crippen LogP contribution in [0.25, 0.3) is 5.69 Å². The smallest absolute Gasteiger partial charge is 0.224 e. The van der Waals surface area contributed by atoms with Gasteiger partial charge < -0.3 is 22.1 Å². The van der Waals surface area contributed by atoms with Crippen LogP contribution in [0.1, 0.15) is 31.2 Å². The van der Waals surface area contributed by atoms with Crippen molar-refractivity contribution in [2.75, 3.05) is 10.6 Å². The molecule has 2 atom stereocenters. The summed E-state index contributed by atoms with van der Waals surface area (Å²) in [6.45, 7) is 0. The van der Waals surface area contributed by atoms with Crippen LogP contribution < -0.4 is 22.1 Å². The Morgan fingerprint density at radius 3 is 2.77 bits per heavy atom. The van der Waals surface area contributed by atoms with Gasteiger partial charge in [-0.2, -0.15) is 20.0 Å². The van der Waals surface area contributed by atoms with Gasteiger partial charge in [0.15, 0.2) is 0 Å². The van der Waals surface area contributed by atoms with Crippen LogP contribution in [0.3, 0.4) is 0 Å². The Morgan fingerprint density at radius 2 is 2.00 bits per heavy atom. The van der Waals surface area contributed by atoms with Crippen LogP contribution in [-0.4, -0.2) is 43.0 Å². The Morgan fingerprint density at radius 1 is 1.20 bits per heavy atom. The van der Waals surface area contributed by atoms with Gasteiger partial charge in [0, 0.05) is 29.5 Å². The molecule has 30 heavy (non-hydrogen) atoms. The summed E-state index contributed by atoms with van der Waals surface area (Å²) in [4.78, 5) is 22.0. The molecular formula is C20H25N9O. The van der Waals surface area contributed by atoms with Gasteiger partial charge in [0.1, 0.15) is 5.82 Å². The van der Waals surface area contributed by atoms with E-state index in [0.717, 1.165) is 37.1 Å². The van der Waals surface area contributed by atoms with Crippen LogP contribution in [0.15, 0.2) is 42.9 Å². The lowest BCUT2D eigenvalue weighted by Gasteiger charge is -2.29. The largest absolute Gasteiger partial charge is 0.369 e. The Kier molecular flexibility index (Phi) is 5.84. The summed E-state index contributed by atoms with van der Waals surface area (Å²) < 4.78 is 0. The van der Waals surface area contributed by atoms with E-state index in [9.17, 15) is 4.79 Å². The van der Waals surface area contributed by atoms with Crippen molar-refractivity contribution in [3.63, 3.8) is 0 Å². The van der Waals surface area contributed by atoms with Gasteiger partial charge in [-0.25, -0.2) is 4.98 Å². The van der Waals surface area contributed by atoms with E-state index < -0.39 is 5.91 Å². The SMILES string of the molecule is NC(=O)Cc1cnc(N[C@@H]2CCCC[C@@H]2N)nc1Nc1cccc(-n2nccn2)c1. The Bertz CT molecular complexity index is 1010. The molecule has 0 saturated heterocycles. The van der Waals surface area contributed by atoms with Crippen LogP contribution in [0.4, 0.5) is 17.5 Å². The van der Waals surface area contributed by atoms with Crippen molar-refractivity contribution in [2.24, 2.45) is 11.5 Å². The molecule has 1 aromatic carbocycles. The second-order valence-electron chi connectivity index (χ2n) is 7.40. The fourth-order valence-corrected chi connectivity index (χ4v) is 3.60. The Labute approximate surface area is 174 Å². The molecule has 1 aliphatic carbocycles. The molecule has 1 fully saturated rings. The number of carbonyl (C=O) groups excluding carboxylic acids is 1. The minimum atomic E-state index is -0.453. The summed E-state index contributed by atoms with van der Waals surface area (Å²) in [7, 11) is 0. The van der Waals surface area contributed by atoms with Crippen LogP contribution in [0, 0.1) is 0 Å². The number of nitrogens with zero attached hydrogens (tertiary/aromatic N) is 5. The average molecular weight is 407 g/mol.